The van der Waals surface area contributed by atoms with Crippen molar-refractivity contribution in [2.24, 2.45) is 0 Å². The molecule has 2 aromatic heterocycles. The zero-order valence-corrected chi connectivity index (χ0v) is 16.5. The Hall–Kier alpha value is -2.45. The molecule has 0 bridgehead atoms. The molecule has 2 amide bonds. The topological polar surface area (TPSA) is 77.6 Å². The Labute approximate surface area is 163 Å². The van der Waals surface area contributed by atoms with Crippen LogP contribution in [0.3, 0.4) is 0 Å². The number of hydrogen-bond acceptors (Lipinski definition) is 6. The van der Waals surface area contributed by atoms with Crippen molar-refractivity contribution in [1.29, 1.82) is 0 Å². The Bertz CT molecular complexity index is 799. The van der Waals surface area contributed by atoms with E-state index in [0.717, 1.165) is 42.4 Å². The predicted molar refractivity (Wildman–Crippen MR) is 107 cm³/mol. The molecule has 0 atom stereocenters. The van der Waals surface area contributed by atoms with Gasteiger partial charge in [0.15, 0.2) is 0 Å². The van der Waals surface area contributed by atoms with Crippen molar-refractivity contribution in [1.82, 2.24) is 20.5 Å². The molecular formula is C19H25N5O2S. The number of anilines is 1. The van der Waals surface area contributed by atoms with Crippen LogP contribution in [0.2, 0.25) is 0 Å². The van der Waals surface area contributed by atoms with Crippen molar-refractivity contribution in [2.75, 3.05) is 44.7 Å². The summed E-state index contributed by atoms with van der Waals surface area (Å²) in [5.41, 5.74) is 0.993. The van der Waals surface area contributed by atoms with Crippen LogP contribution in [0.25, 0.3) is 0 Å². The number of rotatable bonds is 6. The number of aromatic nitrogens is 1. The molecule has 0 radical (unpaired) electrons. The summed E-state index contributed by atoms with van der Waals surface area (Å²) in [4.78, 5) is 34.7. The quantitative estimate of drug-likeness (QED) is 0.780. The second-order valence-corrected chi connectivity index (χ2v) is 7.97. The molecule has 0 saturated carbocycles. The number of aryl methyl sites for hydroxylation is 1. The third-order valence-corrected chi connectivity index (χ3v) is 5.50. The smallest absolute Gasteiger partial charge is 0.261 e. The Morgan fingerprint density at radius 3 is 2.63 bits per heavy atom. The van der Waals surface area contributed by atoms with E-state index < -0.39 is 0 Å². The first-order valence-electron chi connectivity index (χ1n) is 9.01. The van der Waals surface area contributed by atoms with Gasteiger partial charge < -0.3 is 20.4 Å². The van der Waals surface area contributed by atoms with E-state index in [1.54, 1.807) is 12.3 Å². The molecule has 3 heterocycles. The maximum Gasteiger partial charge on any atom is 0.261 e. The van der Waals surface area contributed by atoms with Crippen LogP contribution in [0.15, 0.2) is 30.5 Å². The van der Waals surface area contributed by atoms with E-state index in [1.165, 1.54) is 11.3 Å². The van der Waals surface area contributed by atoms with Crippen molar-refractivity contribution in [3.63, 3.8) is 0 Å². The number of carbonyl (C=O) groups excluding carboxylic acids is 2. The van der Waals surface area contributed by atoms with Gasteiger partial charge in [0.1, 0.15) is 5.82 Å². The fraction of sp³-hybridized carbons (Fsp3) is 0.421. The first-order chi connectivity index (χ1) is 13.0. The number of nitrogens with zero attached hydrogens (tertiary/aromatic N) is 3. The van der Waals surface area contributed by atoms with Gasteiger partial charge in [-0.3, -0.25) is 9.59 Å². The monoisotopic (exact) mass is 387 g/mol. The minimum Gasteiger partial charge on any atom is -0.354 e. The summed E-state index contributed by atoms with van der Waals surface area (Å²) in [6.07, 6.45) is 1.77. The molecule has 0 spiro atoms. The molecule has 2 N–H and O–H groups in total. The Kier molecular flexibility index (Phi) is 6.41. The molecule has 2 aromatic rings. The third-order valence-electron chi connectivity index (χ3n) is 4.50. The summed E-state index contributed by atoms with van der Waals surface area (Å²) < 4.78 is 0. The lowest BCUT2D eigenvalue weighted by Gasteiger charge is -2.33. The van der Waals surface area contributed by atoms with E-state index >= 15 is 0 Å². The fourth-order valence-electron chi connectivity index (χ4n) is 2.85. The third kappa shape index (κ3) is 5.51. The lowest BCUT2D eigenvalue weighted by molar-refractivity contribution is -0.120. The maximum absolute atomic E-state index is 12.0. The van der Waals surface area contributed by atoms with Gasteiger partial charge in [-0.25, -0.2) is 4.98 Å². The normalized spacial score (nSPS) is 14.8. The summed E-state index contributed by atoms with van der Waals surface area (Å²) in [6.45, 7) is 6.26. The summed E-state index contributed by atoms with van der Waals surface area (Å²) in [6, 6.07) is 7.57. The standard InChI is InChI=1S/C19H25N5O2S/c1-14-3-4-16(27-14)19(26)22-13-18(25)21-12-15-5-6-20-17(11-15)24-9-7-23(2)8-10-24/h3-6,11H,7-10,12-13H2,1-2H3,(H,21,25)(H,22,26). The second-order valence-electron chi connectivity index (χ2n) is 6.68. The molecule has 144 valence electrons. The summed E-state index contributed by atoms with van der Waals surface area (Å²) in [5, 5.41) is 5.49. The van der Waals surface area contributed by atoms with Crippen molar-refractivity contribution >= 4 is 29.0 Å². The minimum absolute atomic E-state index is 0.0355. The second kappa shape index (κ2) is 8.96. The van der Waals surface area contributed by atoms with Gasteiger partial charge in [-0.1, -0.05) is 0 Å². The van der Waals surface area contributed by atoms with Gasteiger partial charge >= 0.3 is 0 Å². The van der Waals surface area contributed by atoms with E-state index in [9.17, 15) is 9.59 Å². The number of likely N-dealkylation sites (N-methyl/N-ethyl adjacent to an activating group) is 1. The molecule has 7 nitrogen and oxygen atoms in total. The SMILES string of the molecule is Cc1ccc(C(=O)NCC(=O)NCc2ccnc(N3CCN(C)CC3)c2)s1. The van der Waals surface area contributed by atoms with Gasteiger partial charge in [-0.05, 0) is 43.8 Å². The number of thiophene rings is 1. The Morgan fingerprint density at radius 2 is 1.93 bits per heavy atom. The Morgan fingerprint density at radius 1 is 1.15 bits per heavy atom. The van der Waals surface area contributed by atoms with E-state index in [2.05, 4.69) is 32.5 Å². The highest BCUT2D eigenvalue weighted by Gasteiger charge is 2.15. The van der Waals surface area contributed by atoms with Gasteiger partial charge in [0.2, 0.25) is 5.91 Å². The van der Waals surface area contributed by atoms with Gasteiger partial charge in [-0.2, -0.15) is 0 Å². The van der Waals surface area contributed by atoms with Crippen molar-refractivity contribution < 1.29 is 9.59 Å². The highest BCUT2D eigenvalue weighted by Crippen LogP contribution is 2.15. The van der Waals surface area contributed by atoms with E-state index in [0.29, 0.717) is 11.4 Å². The fourth-order valence-corrected chi connectivity index (χ4v) is 3.63. The van der Waals surface area contributed by atoms with Gasteiger partial charge in [0, 0.05) is 43.8 Å². The highest BCUT2D eigenvalue weighted by atomic mass is 32.1. The summed E-state index contributed by atoms with van der Waals surface area (Å²) in [5.74, 6) is 0.510. The first-order valence-corrected chi connectivity index (χ1v) is 9.82. The van der Waals surface area contributed by atoms with Crippen LogP contribution in [0.5, 0.6) is 0 Å². The number of piperazine rings is 1. The van der Waals surface area contributed by atoms with Gasteiger partial charge in [0.05, 0.1) is 11.4 Å². The van der Waals surface area contributed by atoms with Crippen LogP contribution in [0.4, 0.5) is 5.82 Å². The summed E-state index contributed by atoms with van der Waals surface area (Å²) in [7, 11) is 2.12. The zero-order chi connectivity index (χ0) is 19.2. The lowest BCUT2D eigenvalue weighted by atomic mass is 10.2. The van der Waals surface area contributed by atoms with Crippen LogP contribution >= 0.6 is 11.3 Å². The van der Waals surface area contributed by atoms with E-state index in [4.69, 9.17) is 0 Å². The number of pyridine rings is 1. The van der Waals surface area contributed by atoms with Crippen LogP contribution in [-0.4, -0.2) is 61.5 Å². The van der Waals surface area contributed by atoms with Crippen molar-refractivity contribution in [3.8, 4) is 0 Å². The number of carbonyl (C=O) groups is 2. The number of hydrogen-bond donors (Lipinski definition) is 2. The molecule has 1 fully saturated rings. The molecule has 1 aliphatic rings. The molecule has 3 rings (SSSR count). The Balaban J connectivity index is 1.46. The van der Waals surface area contributed by atoms with Crippen LogP contribution in [0.1, 0.15) is 20.1 Å². The predicted octanol–water partition coefficient (Wildman–Crippen LogP) is 1.25. The van der Waals surface area contributed by atoms with Gasteiger partial charge in [0.25, 0.3) is 5.91 Å². The largest absolute Gasteiger partial charge is 0.354 e. The lowest BCUT2D eigenvalue weighted by Crippen LogP contribution is -2.44. The maximum atomic E-state index is 12.0. The molecule has 0 aliphatic carbocycles. The molecule has 8 heteroatoms. The van der Waals surface area contributed by atoms with E-state index in [1.807, 2.05) is 25.1 Å². The molecule has 0 unspecified atom stereocenters. The van der Waals surface area contributed by atoms with Crippen molar-refractivity contribution in [3.05, 3.63) is 45.8 Å². The zero-order valence-electron chi connectivity index (χ0n) is 15.7. The highest BCUT2D eigenvalue weighted by molar-refractivity contribution is 7.13. The molecule has 27 heavy (non-hydrogen) atoms. The van der Waals surface area contributed by atoms with Gasteiger partial charge in [-0.15, -0.1) is 11.3 Å². The molecule has 1 aliphatic heterocycles. The summed E-state index contributed by atoms with van der Waals surface area (Å²) >= 11 is 1.41. The molecule has 0 aromatic carbocycles. The van der Waals surface area contributed by atoms with Crippen LogP contribution in [-0.2, 0) is 11.3 Å². The minimum atomic E-state index is -0.218. The molecule has 1 saturated heterocycles. The number of amides is 2. The van der Waals surface area contributed by atoms with Crippen LogP contribution < -0.4 is 15.5 Å². The average molecular weight is 388 g/mol. The molecular weight excluding hydrogens is 362 g/mol. The average Bonchev–Trinajstić information content (AvgIpc) is 3.12. The van der Waals surface area contributed by atoms with E-state index in [-0.39, 0.29) is 18.4 Å². The van der Waals surface area contributed by atoms with Crippen LogP contribution in [0, 0.1) is 6.92 Å². The first kappa shape index (κ1) is 19.3. The number of nitrogens with one attached hydrogen (secondary N) is 2. The van der Waals surface area contributed by atoms with Crippen molar-refractivity contribution in [2.45, 2.75) is 13.5 Å².